The van der Waals surface area contributed by atoms with Gasteiger partial charge in [0, 0.05) is 38.3 Å². The minimum atomic E-state index is -0.507. The Bertz CT molecular complexity index is 1060. The number of oxazole rings is 1. The molecule has 1 aliphatic heterocycles. The lowest BCUT2D eigenvalue weighted by Gasteiger charge is -2.34. The zero-order valence-corrected chi connectivity index (χ0v) is 17.3. The highest BCUT2D eigenvalue weighted by atomic mass is 19.1. The number of phenols is 1. The molecule has 0 saturated carbocycles. The van der Waals surface area contributed by atoms with Crippen LogP contribution in [-0.4, -0.2) is 52.0 Å². The maximum absolute atomic E-state index is 13.9. The number of anilines is 1. The number of rotatable bonds is 6. The molecule has 0 unspecified atom stereocenters. The smallest absolute Gasteiger partial charge is 0.277 e. The second-order valence-corrected chi connectivity index (χ2v) is 7.74. The lowest BCUT2D eigenvalue weighted by atomic mass is 10.1. The van der Waals surface area contributed by atoms with Crippen LogP contribution in [-0.2, 0) is 13.1 Å². The number of carbonyl (C=O) groups is 1. The van der Waals surface area contributed by atoms with Crippen molar-refractivity contribution >= 4 is 11.6 Å². The van der Waals surface area contributed by atoms with Gasteiger partial charge in [-0.25, -0.2) is 9.37 Å². The van der Waals surface area contributed by atoms with E-state index in [2.05, 4.69) is 20.1 Å². The van der Waals surface area contributed by atoms with E-state index in [9.17, 15) is 14.3 Å². The Balaban J connectivity index is 1.29. The molecule has 1 aromatic heterocycles. The molecule has 0 atom stereocenters. The number of hydrogen-bond acceptors (Lipinski definition) is 6. The molecular weight excluding hydrogens is 399 g/mol. The van der Waals surface area contributed by atoms with E-state index in [1.807, 2.05) is 25.1 Å². The first-order valence-corrected chi connectivity index (χ1v) is 10.2. The van der Waals surface area contributed by atoms with Crippen LogP contribution in [0.15, 0.2) is 53.1 Å². The van der Waals surface area contributed by atoms with Gasteiger partial charge in [0.05, 0.1) is 12.2 Å². The van der Waals surface area contributed by atoms with Gasteiger partial charge in [0.25, 0.3) is 5.91 Å². The van der Waals surface area contributed by atoms with E-state index >= 15 is 0 Å². The molecule has 0 aliphatic carbocycles. The van der Waals surface area contributed by atoms with Crippen molar-refractivity contribution in [3.63, 3.8) is 0 Å². The van der Waals surface area contributed by atoms with Crippen LogP contribution < -0.4 is 5.32 Å². The predicted octanol–water partition coefficient (Wildman–Crippen LogP) is 3.40. The number of phenolic OH excluding ortho intramolecular Hbond substituents is 1. The number of piperazine rings is 1. The highest BCUT2D eigenvalue weighted by molar-refractivity contribution is 6.02. The van der Waals surface area contributed by atoms with Gasteiger partial charge in [-0.15, -0.1) is 0 Å². The molecule has 0 spiro atoms. The van der Waals surface area contributed by atoms with E-state index < -0.39 is 11.7 Å². The summed E-state index contributed by atoms with van der Waals surface area (Å²) >= 11 is 0. The molecule has 7 nitrogen and oxygen atoms in total. The highest BCUT2D eigenvalue weighted by Gasteiger charge is 2.21. The molecule has 0 bridgehead atoms. The molecule has 0 radical (unpaired) electrons. The molecular formula is C23H25FN4O3. The number of nitrogens with zero attached hydrogens (tertiary/aromatic N) is 3. The first-order valence-electron chi connectivity index (χ1n) is 10.2. The summed E-state index contributed by atoms with van der Waals surface area (Å²) in [6.45, 7) is 6.39. The number of benzene rings is 2. The van der Waals surface area contributed by atoms with Crippen molar-refractivity contribution < 1.29 is 18.7 Å². The van der Waals surface area contributed by atoms with Gasteiger partial charge in [0.15, 0.2) is 5.69 Å². The summed E-state index contributed by atoms with van der Waals surface area (Å²) in [5, 5.41) is 12.5. The third kappa shape index (κ3) is 5.28. The molecule has 162 valence electrons. The van der Waals surface area contributed by atoms with Crippen LogP contribution in [0.25, 0.3) is 0 Å². The van der Waals surface area contributed by atoms with Gasteiger partial charge in [0.1, 0.15) is 17.8 Å². The van der Waals surface area contributed by atoms with Crippen molar-refractivity contribution in [3.8, 4) is 5.75 Å². The average Bonchev–Trinajstić information content (AvgIpc) is 3.22. The zero-order chi connectivity index (χ0) is 21.8. The third-order valence-corrected chi connectivity index (χ3v) is 5.36. The minimum Gasteiger partial charge on any atom is -0.508 e. The highest BCUT2D eigenvalue weighted by Crippen LogP contribution is 2.20. The first-order chi connectivity index (χ1) is 15.0. The summed E-state index contributed by atoms with van der Waals surface area (Å²) in [7, 11) is 0. The number of para-hydroxylation sites is 1. The van der Waals surface area contributed by atoms with Crippen LogP contribution in [0.3, 0.4) is 0 Å². The van der Waals surface area contributed by atoms with Crippen molar-refractivity contribution in [2.75, 3.05) is 31.5 Å². The minimum absolute atomic E-state index is 0.120. The van der Waals surface area contributed by atoms with Gasteiger partial charge in [-0.1, -0.05) is 24.3 Å². The Morgan fingerprint density at radius 2 is 1.84 bits per heavy atom. The fraction of sp³-hybridized carbons (Fsp3) is 0.304. The van der Waals surface area contributed by atoms with Gasteiger partial charge in [-0.3, -0.25) is 14.6 Å². The van der Waals surface area contributed by atoms with Crippen molar-refractivity contribution in [1.82, 2.24) is 14.8 Å². The number of aromatic nitrogens is 1. The lowest BCUT2D eigenvalue weighted by molar-refractivity contribution is 0.102. The maximum atomic E-state index is 13.9. The summed E-state index contributed by atoms with van der Waals surface area (Å²) in [5.74, 6) is -0.235. The molecule has 1 aliphatic rings. The topological polar surface area (TPSA) is 81.8 Å². The largest absolute Gasteiger partial charge is 0.508 e. The van der Waals surface area contributed by atoms with Crippen LogP contribution in [0.5, 0.6) is 5.75 Å². The van der Waals surface area contributed by atoms with Crippen LogP contribution in [0.1, 0.15) is 27.5 Å². The third-order valence-electron chi connectivity index (χ3n) is 5.36. The number of aryl methyl sites for hydroxylation is 1. The molecule has 31 heavy (non-hydrogen) atoms. The fourth-order valence-electron chi connectivity index (χ4n) is 3.59. The number of halogens is 1. The van der Waals surface area contributed by atoms with Crippen molar-refractivity contribution in [2.45, 2.75) is 20.0 Å². The van der Waals surface area contributed by atoms with E-state index in [-0.39, 0.29) is 11.4 Å². The van der Waals surface area contributed by atoms with Crippen molar-refractivity contribution in [2.24, 2.45) is 0 Å². The monoisotopic (exact) mass is 424 g/mol. The Labute approximate surface area is 180 Å². The summed E-state index contributed by atoms with van der Waals surface area (Å²) in [6, 6.07) is 11.9. The Kier molecular flexibility index (Phi) is 6.29. The number of hydrogen-bond donors (Lipinski definition) is 2. The Morgan fingerprint density at radius 1 is 1.13 bits per heavy atom. The van der Waals surface area contributed by atoms with Crippen molar-refractivity contribution in [1.29, 1.82) is 0 Å². The molecule has 1 fully saturated rings. The molecule has 2 aromatic carbocycles. The fourth-order valence-corrected chi connectivity index (χ4v) is 3.59. The first kappa shape index (κ1) is 21.0. The Hall–Kier alpha value is -3.23. The second kappa shape index (κ2) is 9.28. The normalized spacial score (nSPS) is 15.2. The summed E-state index contributed by atoms with van der Waals surface area (Å²) in [6.07, 6.45) is 1.30. The Morgan fingerprint density at radius 3 is 2.58 bits per heavy atom. The number of aromatic hydroxyl groups is 1. The molecule has 1 saturated heterocycles. The number of amides is 1. The van der Waals surface area contributed by atoms with Crippen molar-refractivity contribution in [3.05, 3.63) is 77.3 Å². The maximum Gasteiger partial charge on any atom is 0.277 e. The summed E-state index contributed by atoms with van der Waals surface area (Å²) in [4.78, 5) is 21.1. The number of carbonyl (C=O) groups excluding carboxylic acids is 1. The molecule has 8 heteroatoms. The van der Waals surface area contributed by atoms with E-state index in [4.69, 9.17) is 4.42 Å². The SMILES string of the molecule is Cc1ccc(F)c(NC(=O)c2coc(CN3CCN(Cc4ccccc4O)CC3)n2)c1. The molecule has 1 amide bonds. The van der Waals surface area contributed by atoms with Gasteiger partial charge in [-0.05, 0) is 30.7 Å². The van der Waals surface area contributed by atoms with Crippen LogP contribution >= 0.6 is 0 Å². The van der Waals surface area contributed by atoms with E-state index in [1.54, 1.807) is 18.2 Å². The van der Waals surface area contributed by atoms with E-state index in [0.29, 0.717) is 24.7 Å². The summed E-state index contributed by atoms with van der Waals surface area (Å²) < 4.78 is 19.3. The molecule has 2 heterocycles. The second-order valence-electron chi connectivity index (χ2n) is 7.74. The van der Waals surface area contributed by atoms with Gasteiger partial charge < -0.3 is 14.8 Å². The lowest BCUT2D eigenvalue weighted by Crippen LogP contribution is -2.45. The predicted molar refractivity (Wildman–Crippen MR) is 114 cm³/mol. The quantitative estimate of drug-likeness (QED) is 0.631. The molecule has 3 aromatic rings. The van der Waals surface area contributed by atoms with Crippen LogP contribution in [0, 0.1) is 12.7 Å². The standard InChI is InChI=1S/C23H25FN4O3/c1-16-6-7-18(24)19(12-16)26-23(30)20-15-31-22(25-20)14-28-10-8-27(9-11-28)13-17-4-2-3-5-21(17)29/h2-7,12,15,29H,8-11,13-14H2,1H3,(H,26,30). The van der Waals surface area contributed by atoms with E-state index in [1.165, 1.54) is 12.3 Å². The molecule has 2 N–H and O–H groups in total. The van der Waals surface area contributed by atoms with Crippen LogP contribution in [0.2, 0.25) is 0 Å². The number of nitrogens with one attached hydrogen (secondary N) is 1. The average molecular weight is 424 g/mol. The van der Waals surface area contributed by atoms with Gasteiger partial charge >= 0.3 is 0 Å². The van der Waals surface area contributed by atoms with Gasteiger partial charge in [-0.2, -0.15) is 0 Å². The van der Waals surface area contributed by atoms with E-state index in [0.717, 1.165) is 37.3 Å². The summed E-state index contributed by atoms with van der Waals surface area (Å²) in [5.41, 5.74) is 2.01. The van der Waals surface area contributed by atoms with Crippen LogP contribution in [0.4, 0.5) is 10.1 Å². The van der Waals surface area contributed by atoms with Gasteiger partial charge in [0.2, 0.25) is 5.89 Å². The zero-order valence-electron chi connectivity index (χ0n) is 17.3. The molecule has 4 rings (SSSR count).